The molecule has 110 valence electrons. The van der Waals surface area contributed by atoms with Crippen molar-refractivity contribution in [3.63, 3.8) is 0 Å². The van der Waals surface area contributed by atoms with E-state index in [0.717, 1.165) is 50.1 Å². The first kappa shape index (κ1) is 13.9. The number of rotatable bonds is 2. The molecule has 2 aliphatic rings. The zero-order valence-corrected chi connectivity index (χ0v) is 12.3. The summed E-state index contributed by atoms with van der Waals surface area (Å²) in [6, 6.07) is 7.94. The van der Waals surface area contributed by atoms with Crippen molar-refractivity contribution >= 4 is 0 Å². The fourth-order valence-electron chi connectivity index (χ4n) is 3.66. The Morgan fingerprint density at radius 2 is 2.15 bits per heavy atom. The van der Waals surface area contributed by atoms with Crippen molar-refractivity contribution in [3.8, 4) is 5.75 Å². The molecule has 3 nitrogen and oxygen atoms in total. The molecule has 0 amide bonds. The van der Waals surface area contributed by atoms with Crippen LogP contribution in [0.5, 0.6) is 5.75 Å². The SMILES string of the molecule is CCCN1CCCC2(CC1)CC(O)c1ccccc1O2. The first-order valence-corrected chi connectivity index (χ1v) is 7.91. The fourth-order valence-corrected chi connectivity index (χ4v) is 3.66. The number of hydrogen-bond donors (Lipinski definition) is 1. The number of fused-ring (bicyclic) bond motifs is 1. The minimum atomic E-state index is -0.377. The third-order valence-electron chi connectivity index (χ3n) is 4.70. The molecule has 1 aromatic rings. The number of likely N-dealkylation sites (tertiary alicyclic amines) is 1. The third-order valence-corrected chi connectivity index (χ3v) is 4.70. The molecule has 20 heavy (non-hydrogen) atoms. The van der Waals surface area contributed by atoms with Crippen molar-refractivity contribution < 1.29 is 9.84 Å². The van der Waals surface area contributed by atoms with Crippen LogP contribution in [-0.2, 0) is 0 Å². The summed E-state index contributed by atoms with van der Waals surface area (Å²) in [5, 5.41) is 10.4. The summed E-state index contributed by atoms with van der Waals surface area (Å²) in [5.74, 6) is 0.884. The quantitative estimate of drug-likeness (QED) is 0.900. The van der Waals surface area contributed by atoms with E-state index in [4.69, 9.17) is 4.74 Å². The summed E-state index contributed by atoms with van der Waals surface area (Å²) in [6.45, 7) is 5.66. The van der Waals surface area contributed by atoms with Crippen molar-refractivity contribution in [2.75, 3.05) is 19.6 Å². The molecule has 3 rings (SSSR count). The molecule has 0 aromatic heterocycles. The number of para-hydroxylation sites is 1. The average Bonchev–Trinajstić information content (AvgIpc) is 2.63. The second kappa shape index (κ2) is 5.74. The lowest BCUT2D eigenvalue weighted by atomic mass is 9.83. The lowest BCUT2D eigenvalue weighted by molar-refractivity contribution is -0.0238. The maximum atomic E-state index is 10.4. The summed E-state index contributed by atoms with van der Waals surface area (Å²) < 4.78 is 6.35. The highest BCUT2D eigenvalue weighted by Gasteiger charge is 2.41. The van der Waals surface area contributed by atoms with Crippen LogP contribution in [0.2, 0.25) is 0 Å². The molecule has 1 N–H and O–H groups in total. The van der Waals surface area contributed by atoms with E-state index in [1.54, 1.807) is 0 Å². The molecule has 2 unspecified atom stereocenters. The summed E-state index contributed by atoms with van der Waals surface area (Å²) >= 11 is 0. The Kier molecular flexibility index (Phi) is 3.99. The van der Waals surface area contributed by atoms with Gasteiger partial charge in [-0.05, 0) is 44.8 Å². The standard InChI is InChI=1S/C17H25NO2/c1-2-10-18-11-5-8-17(9-12-18)13-15(19)14-6-3-4-7-16(14)20-17/h3-4,6-7,15,19H,2,5,8-13H2,1H3. The van der Waals surface area contributed by atoms with Crippen LogP contribution in [0.4, 0.5) is 0 Å². The van der Waals surface area contributed by atoms with Gasteiger partial charge in [0.05, 0.1) is 6.10 Å². The molecule has 0 bridgehead atoms. The van der Waals surface area contributed by atoms with E-state index in [9.17, 15) is 5.11 Å². The number of nitrogens with zero attached hydrogens (tertiary/aromatic N) is 1. The van der Waals surface area contributed by atoms with Crippen LogP contribution in [-0.4, -0.2) is 35.2 Å². The number of aliphatic hydroxyl groups is 1. The largest absolute Gasteiger partial charge is 0.487 e. The van der Waals surface area contributed by atoms with Crippen molar-refractivity contribution in [3.05, 3.63) is 29.8 Å². The average molecular weight is 275 g/mol. The molecule has 2 atom stereocenters. The monoisotopic (exact) mass is 275 g/mol. The minimum Gasteiger partial charge on any atom is -0.487 e. The Balaban J connectivity index is 1.77. The van der Waals surface area contributed by atoms with E-state index in [1.165, 1.54) is 13.0 Å². The van der Waals surface area contributed by atoms with E-state index in [0.29, 0.717) is 0 Å². The number of benzene rings is 1. The Labute approximate surface area is 121 Å². The maximum absolute atomic E-state index is 10.4. The molecule has 0 aliphatic carbocycles. The highest BCUT2D eigenvalue weighted by Crippen LogP contribution is 2.43. The second-order valence-electron chi connectivity index (χ2n) is 6.24. The van der Waals surface area contributed by atoms with Gasteiger partial charge in [0, 0.05) is 18.5 Å². The van der Waals surface area contributed by atoms with Crippen LogP contribution < -0.4 is 4.74 Å². The summed E-state index contributed by atoms with van der Waals surface area (Å²) in [6.07, 6.45) is 4.81. The summed E-state index contributed by atoms with van der Waals surface area (Å²) in [7, 11) is 0. The summed E-state index contributed by atoms with van der Waals surface area (Å²) in [5.41, 5.74) is 0.795. The first-order valence-electron chi connectivity index (χ1n) is 7.91. The van der Waals surface area contributed by atoms with Crippen LogP contribution in [0.15, 0.2) is 24.3 Å². The molecule has 1 aromatic carbocycles. The molecule has 1 fully saturated rings. The predicted molar refractivity (Wildman–Crippen MR) is 80.0 cm³/mol. The van der Waals surface area contributed by atoms with Gasteiger partial charge in [-0.1, -0.05) is 25.1 Å². The maximum Gasteiger partial charge on any atom is 0.125 e. The fraction of sp³-hybridized carbons (Fsp3) is 0.647. The van der Waals surface area contributed by atoms with Gasteiger partial charge in [-0.2, -0.15) is 0 Å². The second-order valence-corrected chi connectivity index (χ2v) is 6.24. The highest BCUT2D eigenvalue weighted by atomic mass is 16.5. The van der Waals surface area contributed by atoms with Crippen LogP contribution in [0, 0.1) is 0 Å². The van der Waals surface area contributed by atoms with Crippen LogP contribution >= 0.6 is 0 Å². The molecule has 0 radical (unpaired) electrons. The zero-order valence-electron chi connectivity index (χ0n) is 12.3. The van der Waals surface area contributed by atoms with Gasteiger partial charge in [0.15, 0.2) is 0 Å². The van der Waals surface area contributed by atoms with Crippen LogP contribution in [0.3, 0.4) is 0 Å². The van der Waals surface area contributed by atoms with Gasteiger partial charge < -0.3 is 14.7 Å². The van der Waals surface area contributed by atoms with Gasteiger partial charge in [0.2, 0.25) is 0 Å². The topological polar surface area (TPSA) is 32.7 Å². The Morgan fingerprint density at radius 1 is 1.30 bits per heavy atom. The van der Waals surface area contributed by atoms with E-state index in [-0.39, 0.29) is 11.7 Å². The van der Waals surface area contributed by atoms with Gasteiger partial charge in [0.1, 0.15) is 11.4 Å². The third kappa shape index (κ3) is 2.70. The van der Waals surface area contributed by atoms with Crippen molar-refractivity contribution in [2.45, 2.75) is 50.7 Å². The zero-order chi connectivity index (χ0) is 14.0. The number of aliphatic hydroxyl groups excluding tert-OH is 1. The van der Waals surface area contributed by atoms with Gasteiger partial charge >= 0.3 is 0 Å². The predicted octanol–water partition coefficient (Wildman–Crippen LogP) is 3.14. The Hall–Kier alpha value is -1.06. The van der Waals surface area contributed by atoms with E-state index in [2.05, 4.69) is 11.8 Å². The molecule has 1 saturated heterocycles. The van der Waals surface area contributed by atoms with E-state index < -0.39 is 0 Å². The van der Waals surface area contributed by atoms with Gasteiger partial charge in [0.25, 0.3) is 0 Å². The minimum absolute atomic E-state index is 0.156. The smallest absolute Gasteiger partial charge is 0.125 e. The molecular formula is C17H25NO2. The highest BCUT2D eigenvalue weighted by molar-refractivity contribution is 5.38. The van der Waals surface area contributed by atoms with Crippen molar-refractivity contribution in [1.29, 1.82) is 0 Å². The normalized spacial score (nSPS) is 30.6. The van der Waals surface area contributed by atoms with Gasteiger partial charge in [-0.25, -0.2) is 0 Å². The van der Waals surface area contributed by atoms with Crippen LogP contribution in [0.25, 0.3) is 0 Å². The number of ether oxygens (including phenoxy) is 1. The molecule has 2 aliphatic heterocycles. The Morgan fingerprint density at radius 3 is 3.00 bits per heavy atom. The lowest BCUT2D eigenvalue weighted by Gasteiger charge is -2.40. The van der Waals surface area contributed by atoms with Crippen molar-refractivity contribution in [2.24, 2.45) is 0 Å². The van der Waals surface area contributed by atoms with Crippen LogP contribution in [0.1, 0.15) is 50.7 Å². The molecule has 1 spiro atoms. The molecule has 0 saturated carbocycles. The molecule has 2 heterocycles. The van der Waals surface area contributed by atoms with Gasteiger partial charge in [-0.15, -0.1) is 0 Å². The van der Waals surface area contributed by atoms with Crippen molar-refractivity contribution in [1.82, 2.24) is 4.90 Å². The summed E-state index contributed by atoms with van der Waals surface area (Å²) in [4.78, 5) is 2.53. The molecule has 3 heteroatoms. The van der Waals surface area contributed by atoms with Gasteiger partial charge in [-0.3, -0.25) is 0 Å². The molecular weight excluding hydrogens is 250 g/mol. The first-order chi connectivity index (χ1) is 9.72. The van der Waals surface area contributed by atoms with E-state index >= 15 is 0 Å². The number of hydrogen-bond acceptors (Lipinski definition) is 3. The van der Waals surface area contributed by atoms with E-state index in [1.807, 2.05) is 24.3 Å². The lowest BCUT2D eigenvalue weighted by Crippen LogP contribution is -2.42. The Bertz CT molecular complexity index is 462.